The molecule has 0 aliphatic carbocycles. The molecule has 5 heteroatoms. The van der Waals surface area contributed by atoms with Crippen molar-refractivity contribution in [2.45, 2.75) is 26.7 Å². The second kappa shape index (κ2) is 9.15. The van der Waals surface area contributed by atoms with Gasteiger partial charge in [0, 0.05) is 13.6 Å². The summed E-state index contributed by atoms with van der Waals surface area (Å²) >= 11 is 0. The van der Waals surface area contributed by atoms with E-state index in [0.29, 0.717) is 13.1 Å². The Morgan fingerprint density at radius 1 is 1.19 bits per heavy atom. The van der Waals surface area contributed by atoms with E-state index in [9.17, 15) is 9.59 Å². The fourth-order valence-electron chi connectivity index (χ4n) is 1.30. The summed E-state index contributed by atoms with van der Waals surface area (Å²) in [6, 6.07) is 0. The number of amides is 2. The molecule has 0 aromatic heterocycles. The Morgan fingerprint density at radius 2 is 1.88 bits per heavy atom. The lowest BCUT2D eigenvalue weighted by Crippen LogP contribution is -2.44. The van der Waals surface area contributed by atoms with Crippen molar-refractivity contribution >= 4 is 11.8 Å². The van der Waals surface area contributed by atoms with E-state index in [1.807, 2.05) is 13.8 Å². The van der Waals surface area contributed by atoms with Crippen molar-refractivity contribution in [1.82, 2.24) is 15.5 Å². The Labute approximate surface area is 97.6 Å². The summed E-state index contributed by atoms with van der Waals surface area (Å²) in [5.74, 6) is -0.142. The molecule has 5 nitrogen and oxygen atoms in total. The van der Waals surface area contributed by atoms with Gasteiger partial charge in [-0.25, -0.2) is 0 Å². The molecule has 0 saturated carbocycles. The summed E-state index contributed by atoms with van der Waals surface area (Å²) in [5, 5.41) is 5.56. The largest absolute Gasteiger partial charge is 0.358 e. The fourth-order valence-corrected chi connectivity index (χ4v) is 1.30. The molecule has 94 valence electrons. The Bertz CT molecular complexity index is 219. The first-order valence-corrected chi connectivity index (χ1v) is 5.84. The van der Waals surface area contributed by atoms with Gasteiger partial charge in [-0.3, -0.25) is 9.59 Å². The second-order valence-corrected chi connectivity index (χ2v) is 3.67. The van der Waals surface area contributed by atoms with Crippen molar-refractivity contribution in [2.24, 2.45) is 0 Å². The highest BCUT2D eigenvalue weighted by molar-refractivity contribution is 5.85. The molecular weight excluding hydrogens is 206 g/mol. The SMILES string of the molecule is CCCNCC(=O)N(CCC)CC(=O)NC. The highest BCUT2D eigenvalue weighted by atomic mass is 16.2. The molecular formula is C11H23N3O2. The third-order valence-electron chi connectivity index (χ3n) is 2.16. The van der Waals surface area contributed by atoms with Crippen LogP contribution in [0.3, 0.4) is 0 Å². The first-order valence-electron chi connectivity index (χ1n) is 5.84. The molecule has 0 rings (SSSR count). The number of rotatable bonds is 8. The normalized spacial score (nSPS) is 9.94. The van der Waals surface area contributed by atoms with Crippen molar-refractivity contribution in [1.29, 1.82) is 0 Å². The van der Waals surface area contributed by atoms with Crippen LogP contribution in [-0.2, 0) is 9.59 Å². The third kappa shape index (κ3) is 6.40. The molecule has 0 atom stereocenters. The van der Waals surface area contributed by atoms with Gasteiger partial charge in [0.2, 0.25) is 11.8 Å². The average molecular weight is 229 g/mol. The molecule has 2 amide bonds. The molecule has 0 aliphatic heterocycles. The van der Waals surface area contributed by atoms with Crippen LogP contribution < -0.4 is 10.6 Å². The van der Waals surface area contributed by atoms with Crippen LogP contribution in [0.2, 0.25) is 0 Å². The Hall–Kier alpha value is -1.10. The average Bonchev–Trinajstić information content (AvgIpc) is 2.28. The molecule has 0 saturated heterocycles. The van der Waals surface area contributed by atoms with E-state index in [0.717, 1.165) is 19.4 Å². The van der Waals surface area contributed by atoms with E-state index in [1.54, 1.807) is 11.9 Å². The summed E-state index contributed by atoms with van der Waals surface area (Å²) in [6.45, 7) is 5.95. The van der Waals surface area contributed by atoms with Gasteiger partial charge < -0.3 is 15.5 Å². The summed E-state index contributed by atoms with van der Waals surface area (Å²) in [5.41, 5.74) is 0. The Balaban J connectivity index is 4.07. The van der Waals surface area contributed by atoms with Gasteiger partial charge in [-0.05, 0) is 19.4 Å². The zero-order valence-corrected chi connectivity index (χ0v) is 10.5. The molecule has 0 radical (unpaired) electrons. The summed E-state index contributed by atoms with van der Waals surface area (Å²) in [7, 11) is 1.58. The number of likely N-dealkylation sites (N-methyl/N-ethyl adjacent to an activating group) is 1. The van der Waals surface area contributed by atoms with Gasteiger partial charge in [0.15, 0.2) is 0 Å². The van der Waals surface area contributed by atoms with Crippen molar-refractivity contribution in [2.75, 3.05) is 33.2 Å². The van der Waals surface area contributed by atoms with Crippen LogP contribution >= 0.6 is 0 Å². The molecule has 0 fully saturated rings. The maximum absolute atomic E-state index is 11.7. The van der Waals surface area contributed by atoms with Crippen molar-refractivity contribution < 1.29 is 9.59 Å². The third-order valence-corrected chi connectivity index (χ3v) is 2.16. The molecule has 16 heavy (non-hydrogen) atoms. The van der Waals surface area contributed by atoms with Crippen LogP contribution in [0.1, 0.15) is 26.7 Å². The van der Waals surface area contributed by atoms with Crippen LogP contribution in [0, 0.1) is 0 Å². The van der Waals surface area contributed by atoms with Gasteiger partial charge in [0.05, 0.1) is 13.1 Å². The first-order chi connectivity index (χ1) is 7.65. The van der Waals surface area contributed by atoms with Gasteiger partial charge in [-0.1, -0.05) is 13.8 Å². The minimum absolute atomic E-state index is 0.0149. The van der Waals surface area contributed by atoms with E-state index < -0.39 is 0 Å². The van der Waals surface area contributed by atoms with E-state index in [-0.39, 0.29) is 18.4 Å². The molecule has 0 unspecified atom stereocenters. The molecule has 0 aliphatic rings. The highest BCUT2D eigenvalue weighted by Gasteiger charge is 2.14. The molecule has 2 N–H and O–H groups in total. The second-order valence-electron chi connectivity index (χ2n) is 3.67. The smallest absolute Gasteiger partial charge is 0.239 e. The van der Waals surface area contributed by atoms with Gasteiger partial charge in [-0.2, -0.15) is 0 Å². The maximum atomic E-state index is 11.7. The van der Waals surface area contributed by atoms with Crippen LogP contribution in [0.4, 0.5) is 0 Å². The Morgan fingerprint density at radius 3 is 2.38 bits per heavy atom. The van der Waals surface area contributed by atoms with E-state index in [2.05, 4.69) is 10.6 Å². The number of carbonyl (C=O) groups excluding carboxylic acids is 2. The quantitative estimate of drug-likeness (QED) is 0.575. The van der Waals surface area contributed by atoms with E-state index >= 15 is 0 Å². The predicted molar refractivity (Wildman–Crippen MR) is 64.1 cm³/mol. The monoisotopic (exact) mass is 229 g/mol. The standard InChI is InChI=1S/C11H23N3O2/c1-4-6-13-8-11(16)14(7-5-2)9-10(15)12-3/h13H,4-9H2,1-3H3,(H,12,15). The zero-order chi connectivity index (χ0) is 12.4. The van der Waals surface area contributed by atoms with E-state index in [1.165, 1.54) is 0 Å². The van der Waals surface area contributed by atoms with Crippen molar-refractivity contribution in [3.8, 4) is 0 Å². The minimum atomic E-state index is -0.128. The van der Waals surface area contributed by atoms with Crippen molar-refractivity contribution in [3.63, 3.8) is 0 Å². The number of hydrogen-bond acceptors (Lipinski definition) is 3. The molecule has 0 aromatic rings. The molecule has 0 bridgehead atoms. The van der Waals surface area contributed by atoms with Crippen LogP contribution in [0.5, 0.6) is 0 Å². The van der Waals surface area contributed by atoms with Crippen molar-refractivity contribution in [3.05, 3.63) is 0 Å². The number of carbonyl (C=O) groups is 2. The van der Waals surface area contributed by atoms with Crippen LogP contribution in [0.25, 0.3) is 0 Å². The van der Waals surface area contributed by atoms with Gasteiger partial charge in [-0.15, -0.1) is 0 Å². The first kappa shape index (κ1) is 14.9. The summed E-state index contributed by atoms with van der Waals surface area (Å²) < 4.78 is 0. The predicted octanol–water partition coefficient (Wildman–Crippen LogP) is -0.0294. The van der Waals surface area contributed by atoms with Crippen LogP contribution in [0.15, 0.2) is 0 Å². The topological polar surface area (TPSA) is 61.4 Å². The lowest BCUT2D eigenvalue weighted by molar-refractivity contribution is -0.135. The maximum Gasteiger partial charge on any atom is 0.239 e. The summed E-state index contributed by atoms with van der Waals surface area (Å²) in [6.07, 6.45) is 1.85. The molecule has 0 heterocycles. The molecule has 0 aromatic carbocycles. The molecule has 0 spiro atoms. The zero-order valence-electron chi connectivity index (χ0n) is 10.5. The van der Waals surface area contributed by atoms with Gasteiger partial charge in [0.1, 0.15) is 0 Å². The van der Waals surface area contributed by atoms with Gasteiger partial charge >= 0.3 is 0 Å². The number of hydrogen-bond donors (Lipinski definition) is 2. The van der Waals surface area contributed by atoms with Gasteiger partial charge in [0.25, 0.3) is 0 Å². The Kier molecular flexibility index (Phi) is 8.52. The lowest BCUT2D eigenvalue weighted by atomic mass is 10.3. The van der Waals surface area contributed by atoms with E-state index in [4.69, 9.17) is 0 Å². The number of nitrogens with one attached hydrogen (secondary N) is 2. The minimum Gasteiger partial charge on any atom is -0.358 e. The fraction of sp³-hybridized carbons (Fsp3) is 0.818. The van der Waals surface area contributed by atoms with Crippen LogP contribution in [-0.4, -0.2) is 49.9 Å². The number of nitrogens with zero attached hydrogens (tertiary/aromatic N) is 1. The summed E-state index contributed by atoms with van der Waals surface area (Å²) in [4.78, 5) is 24.5. The highest BCUT2D eigenvalue weighted by Crippen LogP contribution is 1.92. The lowest BCUT2D eigenvalue weighted by Gasteiger charge is -2.21.